The Bertz CT molecular complexity index is 1310. The van der Waals surface area contributed by atoms with Gasteiger partial charge in [0.05, 0.1) is 29.9 Å². The van der Waals surface area contributed by atoms with Gasteiger partial charge in [0.2, 0.25) is 0 Å². The molecular weight excluding hydrogens is 395 g/mol. The molecule has 1 aromatic heterocycles. The minimum atomic E-state index is -0.609. The number of aliphatic hydroxyl groups is 1. The van der Waals surface area contributed by atoms with Crippen LogP contribution in [0.4, 0.5) is 4.39 Å². The SMILES string of the molecule is Cc1cc(C)c(Cn2cnc(=O)c3cc(Oc4cccc(C(C)O)c4)ccc32)c(F)c1. The maximum absolute atomic E-state index is 14.5. The Morgan fingerprint density at radius 2 is 1.87 bits per heavy atom. The molecule has 1 atom stereocenters. The summed E-state index contributed by atoms with van der Waals surface area (Å²) in [5.74, 6) is 0.756. The van der Waals surface area contributed by atoms with Crippen LogP contribution in [0.1, 0.15) is 35.3 Å². The van der Waals surface area contributed by atoms with Gasteiger partial charge in [-0.2, -0.15) is 4.98 Å². The van der Waals surface area contributed by atoms with E-state index in [4.69, 9.17) is 4.74 Å². The van der Waals surface area contributed by atoms with E-state index in [-0.39, 0.29) is 17.9 Å². The van der Waals surface area contributed by atoms with Gasteiger partial charge in [-0.3, -0.25) is 4.79 Å². The quantitative estimate of drug-likeness (QED) is 0.493. The highest BCUT2D eigenvalue weighted by molar-refractivity contribution is 5.79. The van der Waals surface area contributed by atoms with E-state index in [1.165, 1.54) is 12.4 Å². The number of hydrogen-bond donors (Lipinski definition) is 1. The molecule has 0 aliphatic rings. The monoisotopic (exact) mass is 418 g/mol. The van der Waals surface area contributed by atoms with Crippen molar-refractivity contribution in [2.75, 3.05) is 0 Å². The predicted molar refractivity (Wildman–Crippen MR) is 118 cm³/mol. The lowest BCUT2D eigenvalue weighted by Crippen LogP contribution is -2.14. The van der Waals surface area contributed by atoms with Crippen molar-refractivity contribution < 1.29 is 14.2 Å². The third kappa shape index (κ3) is 4.34. The van der Waals surface area contributed by atoms with Crippen LogP contribution in [-0.2, 0) is 6.54 Å². The molecule has 5 nitrogen and oxygen atoms in total. The summed E-state index contributed by atoms with van der Waals surface area (Å²) < 4.78 is 22.2. The molecule has 158 valence electrons. The van der Waals surface area contributed by atoms with Crippen molar-refractivity contribution in [1.29, 1.82) is 0 Å². The number of hydrogen-bond acceptors (Lipinski definition) is 4. The molecule has 1 heterocycles. The molecule has 0 radical (unpaired) electrons. The normalized spacial score (nSPS) is 12.2. The van der Waals surface area contributed by atoms with Crippen molar-refractivity contribution in [1.82, 2.24) is 9.55 Å². The Balaban J connectivity index is 1.71. The standard InChI is InChI=1S/C25H23FN2O3/c1-15-9-16(2)22(23(26)10-15)13-28-14-27-25(30)21-12-20(7-8-24(21)28)31-19-6-4-5-18(11-19)17(3)29/h4-12,14,17,29H,13H2,1-3H3. The van der Waals surface area contributed by atoms with Crippen molar-refractivity contribution >= 4 is 10.9 Å². The Kier molecular flexibility index (Phi) is 5.57. The molecule has 1 unspecified atom stereocenters. The van der Waals surface area contributed by atoms with Gasteiger partial charge in [-0.25, -0.2) is 4.39 Å². The van der Waals surface area contributed by atoms with Gasteiger partial charge in [-0.1, -0.05) is 18.2 Å². The molecule has 0 saturated carbocycles. The smallest absolute Gasteiger partial charge is 0.280 e. The van der Waals surface area contributed by atoms with E-state index in [1.807, 2.05) is 26.0 Å². The Hall–Kier alpha value is -3.51. The lowest BCUT2D eigenvalue weighted by molar-refractivity contribution is 0.199. The van der Waals surface area contributed by atoms with Crippen molar-refractivity contribution in [3.8, 4) is 11.5 Å². The average Bonchev–Trinajstić information content (AvgIpc) is 2.72. The number of ether oxygens (including phenoxy) is 1. The minimum Gasteiger partial charge on any atom is -0.457 e. The summed E-state index contributed by atoms with van der Waals surface area (Å²) >= 11 is 0. The molecule has 4 rings (SSSR count). The van der Waals surface area contributed by atoms with Crippen LogP contribution in [0.5, 0.6) is 11.5 Å². The van der Waals surface area contributed by atoms with Crippen molar-refractivity contribution in [3.05, 3.63) is 99.3 Å². The maximum Gasteiger partial charge on any atom is 0.280 e. The average molecular weight is 418 g/mol. The first-order valence-corrected chi connectivity index (χ1v) is 10.0. The fraction of sp³-hybridized carbons (Fsp3) is 0.200. The number of aliphatic hydroxyl groups excluding tert-OH is 1. The van der Waals surface area contributed by atoms with Crippen molar-refractivity contribution in [2.24, 2.45) is 0 Å². The largest absolute Gasteiger partial charge is 0.457 e. The molecule has 0 aliphatic heterocycles. The van der Waals surface area contributed by atoms with Crippen LogP contribution in [0.3, 0.4) is 0 Å². The van der Waals surface area contributed by atoms with Crippen LogP contribution in [-0.4, -0.2) is 14.7 Å². The van der Waals surface area contributed by atoms with Gasteiger partial charge in [-0.15, -0.1) is 0 Å². The molecule has 1 N–H and O–H groups in total. The predicted octanol–water partition coefficient (Wildman–Crippen LogP) is 5.05. The third-order valence-electron chi connectivity index (χ3n) is 5.29. The molecule has 4 aromatic rings. The van der Waals surface area contributed by atoms with Gasteiger partial charge in [-0.05, 0) is 73.9 Å². The summed E-state index contributed by atoms with van der Waals surface area (Å²) in [6.07, 6.45) is 0.831. The molecule has 3 aromatic carbocycles. The second kappa shape index (κ2) is 8.32. The first-order chi connectivity index (χ1) is 14.8. The van der Waals surface area contributed by atoms with Crippen LogP contribution < -0.4 is 10.3 Å². The van der Waals surface area contributed by atoms with Gasteiger partial charge in [0.15, 0.2) is 0 Å². The molecule has 31 heavy (non-hydrogen) atoms. The van der Waals surface area contributed by atoms with Gasteiger partial charge < -0.3 is 14.4 Å². The first-order valence-electron chi connectivity index (χ1n) is 10.0. The van der Waals surface area contributed by atoms with Crippen LogP contribution >= 0.6 is 0 Å². The van der Waals surface area contributed by atoms with Gasteiger partial charge in [0.25, 0.3) is 5.56 Å². The second-order valence-corrected chi connectivity index (χ2v) is 7.75. The van der Waals surface area contributed by atoms with Crippen LogP contribution in [0.25, 0.3) is 10.9 Å². The van der Waals surface area contributed by atoms with E-state index >= 15 is 0 Å². The summed E-state index contributed by atoms with van der Waals surface area (Å²) in [7, 11) is 0. The number of aryl methyl sites for hydroxylation is 2. The van der Waals surface area contributed by atoms with Crippen molar-refractivity contribution in [3.63, 3.8) is 0 Å². The fourth-order valence-corrected chi connectivity index (χ4v) is 3.67. The summed E-state index contributed by atoms with van der Waals surface area (Å²) in [6.45, 7) is 5.67. The topological polar surface area (TPSA) is 64.4 Å². The summed E-state index contributed by atoms with van der Waals surface area (Å²) in [5, 5.41) is 10.1. The lowest BCUT2D eigenvalue weighted by Gasteiger charge is -2.14. The van der Waals surface area contributed by atoms with Crippen LogP contribution in [0, 0.1) is 19.7 Å². The third-order valence-corrected chi connectivity index (χ3v) is 5.29. The Labute approximate surface area is 179 Å². The first kappa shape index (κ1) is 20.8. The maximum atomic E-state index is 14.5. The zero-order valence-electron chi connectivity index (χ0n) is 17.6. The molecule has 6 heteroatoms. The zero-order valence-corrected chi connectivity index (χ0v) is 17.6. The molecule has 0 amide bonds. The molecule has 0 saturated heterocycles. The van der Waals surface area contributed by atoms with E-state index in [0.717, 1.165) is 16.7 Å². The van der Waals surface area contributed by atoms with Crippen LogP contribution in [0.15, 0.2) is 65.7 Å². The number of fused-ring (bicyclic) bond motifs is 1. The minimum absolute atomic E-state index is 0.262. The highest BCUT2D eigenvalue weighted by atomic mass is 19.1. The number of aromatic nitrogens is 2. The lowest BCUT2D eigenvalue weighted by atomic mass is 10.0. The molecule has 0 spiro atoms. The number of halogens is 1. The van der Waals surface area contributed by atoms with Gasteiger partial charge in [0.1, 0.15) is 17.3 Å². The highest BCUT2D eigenvalue weighted by Gasteiger charge is 2.12. The molecule has 0 aliphatic carbocycles. The number of benzene rings is 3. The molecule has 0 fully saturated rings. The summed E-state index contributed by atoms with van der Waals surface area (Å²) in [6, 6.07) is 15.7. The zero-order chi connectivity index (χ0) is 22.1. The Morgan fingerprint density at radius 3 is 2.61 bits per heavy atom. The van der Waals surface area contributed by atoms with Gasteiger partial charge >= 0.3 is 0 Å². The second-order valence-electron chi connectivity index (χ2n) is 7.75. The van der Waals surface area contributed by atoms with Gasteiger partial charge in [0, 0.05) is 5.56 Å². The van der Waals surface area contributed by atoms with E-state index in [9.17, 15) is 14.3 Å². The molecular formula is C25H23FN2O3. The number of nitrogens with zero attached hydrogens (tertiary/aromatic N) is 2. The fourth-order valence-electron chi connectivity index (χ4n) is 3.67. The number of rotatable bonds is 5. The van der Waals surface area contributed by atoms with E-state index in [2.05, 4.69) is 4.98 Å². The van der Waals surface area contributed by atoms with Crippen molar-refractivity contribution in [2.45, 2.75) is 33.4 Å². The van der Waals surface area contributed by atoms with E-state index in [1.54, 1.807) is 47.9 Å². The highest BCUT2D eigenvalue weighted by Crippen LogP contribution is 2.27. The Morgan fingerprint density at radius 1 is 1.10 bits per heavy atom. The van der Waals surface area contributed by atoms with E-state index < -0.39 is 6.10 Å². The molecule has 0 bridgehead atoms. The summed E-state index contributed by atoms with van der Waals surface area (Å²) in [5.41, 5.74) is 3.27. The van der Waals surface area contributed by atoms with E-state index in [0.29, 0.717) is 28.0 Å². The summed E-state index contributed by atoms with van der Waals surface area (Å²) in [4.78, 5) is 16.4. The van der Waals surface area contributed by atoms with Crippen LogP contribution in [0.2, 0.25) is 0 Å².